The van der Waals surface area contributed by atoms with E-state index in [1.165, 1.54) is 12.1 Å². The molecular weight excluding hydrogens is 285 g/mol. The molecule has 1 aromatic rings. The summed E-state index contributed by atoms with van der Waals surface area (Å²) in [6.45, 7) is 1.63. The predicted octanol–water partition coefficient (Wildman–Crippen LogP) is 2.39. The number of carbonyl (C=O) groups is 1. The Kier molecular flexibility index (Phi) is 5.20. The minimum absolute atomic E-state index is 0.125. The summed E-state index contributed by atoms with van der Waals surface area (Å²) in [5.74, 6) is -0.705. The molecule has 0 aromatic heterocycles. The highest BCUT2D eigenvalue weighted by Crippen LogP contribution is 2.22. The van der Waals surface area contributed by atoms with E-state index in [4.69, 9.17) is 16.3 Å². The van der Waals surface area contributed by atoms with Crippen molar-refractivity contribution in [1.82, 2.24) is 4.90 Å². The van der Waals surface area contributed by atoms with Gasteiger partial charge in [-0.2, -0.15) is 0 Å². The van der Waals surface area contributed by atoms with E-state index in [1.807, 2.05) is 0 Å². The number of phenols is 1. The van der Waals surface area contributed by atoms with Crippen LogP contribution >= 0.6 is 11.6 Å². The maximum absolute atomic E-state index is 12.9. The van der Waals surface area contributed by atoms with Crippen LogP contribution in [0.25, 0.3) is 0 Å². The number of carbonyl (C=O) groups excluding carboxylic acids is 1. The number of nitrogens with zero attached hydrogens (tertiary/aromatic N) is 1. The fourth-order valence-electron chi connectivity index (χ4n) is 2.29. The van der Waals surface area contributed by atoms with E-state index >= 15 is 0 Å². The molecule has 0 radical (unpaired) electrons. The molecule has 110 valence electrons. The minimum atomic E-state index is -0.563. The fourth-order valence-corrected chi connectivity index (χ4v) is 2.38. The summed E-state index contributed by atoms with van der Waals surface area (Å²) in [4.78, 5) is 13.9. The second-order valence-corrected chi connectivity index (χ2v) is 5.09. The van der Waals surface area contributed by atoms with Crippen molar-refractivity contribution in [2.75, 3.05) is 25.6 Å². The number of halogens is 2. The Morgan fingerprint density at radius 1 is 1.45 bits per heavy atom. The number of hydrogen-bond donors (Lipinski definition) is 1. The molecule has 0 saturated carbocycles. The van der Waals surface area contributed by atoms with Crippen LogP contribution in [0.5, 0.6) is 5.75 Å². The average molecular weight is 302 g/mol. The zero-order chi connectivity index (χ0) is 14.5. The maximum Gasteiger partial charge on any atom is 0.257 e. The summed E-state index contributed by atoms with van der Waals surface area (Å²) >= 11 is 5.56. The highest BCUT2D eigenvalue weighted by Gasteiger charge is 2.25. The smallest absolute Gasteiger partial charge is 0.257 e. The van der Waals surface area contributed by atoms with Gasteiger partial charge in [-0.25, -0.2) is 4.39 Å². The van der Waals surface area contributed by atoms with Gasteiger partial charge in [-0.05, 0) is 25.0 Å². The van der Waals surface area contributed by atoms with Gasteiger partial charge in [0.15, 0.2) is 0 Å². The number of hydrogen-bond acceptors (Lipinski definition) is 3. The normalized spacial score (nSPS) is 16.4. The van der Waals surface area contributed by atoms with E-state index in [2.05, 4.69) is 0 Å². The van der Waals surface area contributed by atoms with Crippen molar-refractivity contribution in [3.8, 4) is 5.75 Å². The van der Waals surface area contributed by atoms with Gasteiger partial charge in [0, 0.05) is 25.0 Å². The first-order valence-electron chi connectivity index (χ1n) is 6.57. The van der Waals surface area contributed by atoms with Crippen molar-refractivity contribution in [3.05, 3.63) is 29.6 Å². The van der Waals surface area contributed by atoms with Crippen LogP contribution in [0.1, 0.15) is 23.2 Å². The van der Waals surface area contributed by atoms with Crippen LogP contribution in [0.3, 0.4) is 0 Å². The Morgan fingerprint density at radius 3 is 2.75 bits per heavy atom. The van der Waals surface area contributed by atoms with Crippen LogP contribution in [-0.2, 0) is 4.74 Å². The number of likely N-dealkylation sites (tertiary alicyclic amines) is 1. The molecule has 1 fully saturated rings. The summed E-state index contributed by atoms with van der Waals surface area (Å²) in [6, 6.07) is 3.43. The molecule has 0 bridgehead atoms. The number of phenolic OH excluding ortho intramolecular Hbond substituents is 1. The van der Waals surface area contributed by atoms with Crippen molar-refractivity contribution in [1.29, 1.82) is 0 Å². The van der Waals surface area contributed by atoms with E-state index in [1.54, 1.807) is 4.90 Å². The van der Waals surface area contributed by atoms with Gasteiger partial charge < -0.3 is 14.7 Å². The van der Waals surface area contributed by atoms with Crippen LogP contribution in [0.2, 0.25) is 0 Å². The highest BCUT2D eigenvalue weighted by atomic mass is 35.5. The number of piperidine rings is 1. The zero-order valence-electron chi connectivity index (χ0n) is 11.0. The number of amides is 1. The first-order chi connectivity index (χ1) is 9.61. The Hall–Kier alpha value is -1.33. The van der Waals surface area contributed by atoms with Crippen LogP contribution in [0.15, 0.2) is 18.2 Å². The molecule has 1 amide bonds. The van der Waals surface area contributed by atoms with Gasteiger partial charge in [0.05, 0.1) is 18.3 Å². The van der Waals surface area contributed by atoms with Crippen LogP contribution < -0.4 is 0 Å². The summed E-state index contributed by atoms with van der Waals surface area (Å²) in [5, 5.41) is 9.63. The second-order valence-electron chi connectivity index (χ2n) is 4.71. The Labute approximate surface area is 122 Å². The number of benzene rings is 1. The first-order valence-corrected chi connectivity index (χ1v) is 7.10. The van der Waals surface area contributed by atoms with Gasteiger partial charge in [-0.15, -0.1) is 11.6 Å². The Bertz CT molecular complexity index is 475. The van der Waals surface area contributed by atoms with Crippen LogP contribution in [0.4, 0.5) is 4.39 Å². The van der Waals surface area contributed by atoms with Crippen molar-refractivity contribution >= 4 is 17.5 Å². The molecule has 0 spiro atoms. The van der Waals surface area contributed by atoms with Gasteiger partial charge in [0.1, 0.15) is 11.6 Å². The van der Waals surface area contributed by atoms with Gasteiger partial charge in [-0.1, -0.05) is 0 Å². The van der Waals surface area contributed by atoms with Gasteiger partial charge in [0.25, 0.3) is 5.91 Å². The van der Waals surface area contributed by atoms with Gasteiger partial charge in [-0.3, -0.25) is 4.79 Å². The largest absolute Gasteiger partial charge is 0.507 e. The minimum Gasteiger partial charge on any atom is -0.507 e. The van der Waals surface area contributed by atoms with Crippen molar-refractivity contribution in [3.63, 3.8) is 0 Å². The third kappa shape index (κ3) is 3.61. The second kappa shape index (κ2) is 6.90. The molecule has 1 N–H and O–H groups in total. The number of rotatable bonds is 4. The number of ether oxygens (including phenoxy) is 1. The molecule has 0 atom stereocenters. The Morgan fingerprint density at radius 2 is 2.15 bits per heavy atom. The topological polar surface area (TPSA) is 49.8 Å². The third-order valence-corrected chi connectivity index (χ3v) is 3.50. The van der Waals surface area contributed by atoms with E-state index in [9.17, 15) is 14.3 Å². The molecule has 1 heterocycles. The van der Waals surface area contributed by atoms with Crippen LogP contribution in [-0.4, -0.2) is 47.6 Å². The lowest BCUT2D eigenvalue weighted by molar-refractivity contribution is 0.0153. The number of alkyl halides is 1. The highest BCUT2D eigenvalue weighted by molar-refractivity contribution is 6.17. The van der Waals surface area contributed by atoms with Gasteiger partial charge in [0.2, 0.25) is 0 Å². The van der Waals surface area contributed by atoms with Crippen molar-refractivity contribution in [2.45, 2.75) is 18.9 Å². The molecule has 1 aliphatic heterocycles. The first kappa shape index (κ1) is 15.1. The van der Waals surface area contributed by atoms with Crippen molar-refractivity contribution < 1.29 is 19.0 Å². The monoisotopic (exact) mass is 301 g/mol. The predicted molar refractivity (Wildman–Crippen MR) is 73.7 cm³/mol. The Balaban J connectivity index is 1.94. The lowest BCUT2D eigenvalue weighted by Crippen LogP contribution is -2.41. The molecule has 1 aromatic carbocycles. The molecule has 6 heteroatoms. The summed E-state index contributed by atoms with van der Waals surface area (Å²) < 4.78 is 18.4. The standard InChI is InChI=1S/C14H17ClFNO3/c15-5-8-20-11-3-6-17(7-4-11)14(19)12-2-1-10(16)9-13(12)18/h1-2,9,11,18H,3-8H2. The SMILES string of the molecule is O=C(c1ccc(F)cc1O)N1CCC(OCCCl)CC1. The fraction of sp³-hybridized carbons (Fsp3) is 0.500. The summed E-state index contributed by atoms with van der Waals surface area (Å²) in [5.41, 5.74) is 0.131. The summed E-state index contributed by atoms with van der Waals surface area (Å²) in [6.07, 6.45) is 1.61. The van der Waals surface area contributed by atoms with E-state index < -0.39 is 5.82 Å². The lowest BCUT2D eigenvalue weighted by Gasteiger charge is -2.32. The molecule has 1 saturated heterocycles. The molecule has 0 aliphatic carbocycles. The zero-order valence-corrected chi connectivity index (χ0v) is 11.8. The molecular formula is C14H17ClFNO3. The molecule has 4 nitrogen and oxygen atoms in total. The molecule has 2 rings (SSSR count). The summed E-state index contributed by atoms with van der Waals surface area (Å²) in [7, 11) is 0. The van der Waals surface area contributed by atoms with Crippen LogP contribution in [0, 0.1) is 5.82 Å². The van der Waals surface area contributed by atoms with E-state index in [0.29, 0.717) is 25.6 Å². The van der Waals surface area contributed by atoms with E-state index in [0.717, 1.165) is 18.9 Å². The van der Waals surface area contributed by atoms with Crippen molar-refractivity contribution in [2.24, 2.45) is 0 Å². The number of aromatic hydroxyl groups is 1. The van der Waals surface area contributed by atoms with E-state index in [-0.39, 0.29) is 23.3 Å². The lowest BCUT2D eigenvalue weighted by atomic mass is 10.1. The molecule has 1 aliphatic rings. The van der Waals surface area contributed by atoms with Gasteiger partial charge >= 0.3 is 0 Å². The maximum atomic E-state index is 12.9. The quantitative estimate of drug-likeness (QED) is 0.869. The molecule has 0 unspecified atom stereocenters. The molecule has 20 heavy (non-hydrogen) atoms. The third-order valence-electron chi connectivity index (χ3n) is 3.35. The average Bonchev–Trinajstić information content (AvgIpc) is 2.45.